The van der Waals surface area contributed by atoms with Gasteiger partial charge < -0.3 is 5.11 Å². The van der Waals surface area contributed by atoms with E-state index in [1.54, 1.807) is 12.1 Å². The maximum Gasteiger partial charge on any atom is 0.123 e. The van der Waals surface area contributed by atoms with Crippen LogP contribution in [0.2, 0.25) is 0 Å². The maximum atomic E-state index is 12.7. The van der Waals surface area contributed by atoms with Crippen LogP contribution in [0.25, 0.3) is 0 Å². The summed E-state index contributed by atoms with van der Waals surface area (Å²) in [4.78, 5) is 0. The van der Waals surface area contributed by atoms with Gasteiger partial charge in [-0.25, -0.2) is 4.39 Å². The van der Waals surface area contributed by atoms with E-state index >= 15 is 0 Å². The van der Waals surface area contributed by atoms with Gasteiger partial charge in [-0.05, 0) is 42.7 Å². The van der Waals surface area contributed by atoms with Crippen LogP contribution < -0.4 is 0 Å². The van der Waals surface area contributed by atoms with E-state index in [-0.39, 0.29) is 11.9 Å². The van der Waals surface area contributed by atoms with Gasteiger partial charge in [0.25, 0.3) is 0 Å². The van der Waals surface area contributed by atoms with Gasteiger partial charge in [0.15, 0.2) is 0 Å². The molecule has 0 spiro atoms. The van der Waals surface area contributed by atoms with Gasteiger partial charge in [-0.3, -0.25) is 0 Å². The quantitative estimate of drug-likeness (QED) is 0.855. The molecule has 0 radical (unpaired) electrons. The molecule has 0 aromatic heterocycles. The summed E-state index contributed by atoms with van der Waals surface area (Å²) in [6, 6.07) is 6.39. The number of thioether (sulfide) groups is 1. The standard InChI is InChI=1S/C12H15FOS/c13-10-5-3-9(4-6-10)8-11(14)12-2-1-7-15-12/h3-6,11-12,14H,1-2,7-8H2. The Bertz CT molecular complexity index is 306. The zero-order valence-electron chi connectivity index (χ0n) is 8.53. The summed E-state index contributed by atoms with van der Waals surface area (Å²) in [6.45, 7) is 0. The molecule has 0 aliphatic carbocycles. The molecule has 0 saturated carbocycles. The van der Waals surface area contributed by atoms with Crippen molar-refractivity contribution in [1.82, 2.24) is 0 Å². The number of aliphatic hydroxyl groups excluding tert-OH is 1. The largest absolute Gasteiger partial charge is 0.392 e. The fourth-order valence-corrected chi connectivity index (χ4v) is 3.19. The van der Waals surface area contributed by atoms with Gasteiger partial charge in [0.05, 0.1) is 6.10 Å². The summed E-state index contributed by atoms with van der Waals surface area (Å²) < 4.78 is 12.7. The lowest BCUT2D eigenvalue weighted by atomic mass is 10.0. The first kappa shape index (κ1) is 11.0. The second-order valence-electron chi connectivity index (χ2n) is 3.95. The van der Waals surface area contributed by atoms with Gasteiger partial charge >= 0.3 is 0 Å². The van der Waals surface area contributed by atoms with Crippen LogP contribution in [0.3, 0.4) is 0 Å². The number of hydrogen-bond donors (Lipinski definition) is 1. The van der Waals surface area contributed by atoms with Crippen molar-refractivity contribution in [2.24, 2.45) is 0 Å². The number of rotatable bonds is 3. The van der Waals surface area contributed by atoms with Crippen molar-refractivity contribution in [1.29, 1.82) is 0 Å². The molecule has 2 rings (SSSR count). The molecule has 1 heterocycles. The van der Waals surface area contributed by atoms with Crippen molar-refractivity contribution in [3.05, 3.63) is 35.6 Å². The van der Waals surface area contributed by atoms with E-state index in [4.69, 9.17) is 0 Å². The monoisotopic (exact) mass is 226 g/mol. The number of hydrogen-bond acceptors (Lipinski definition) is 2. The van der Waals surface area contributed by atoms with Gasteiger partial charge in [0, 0.05) is 5.25 Å². The predicted molar refractivity (Wildman–Crippen MR) is 61.6 cm³/mol. The van der Waals surface area contributed by atoms with E-state index in [9.17, 15) is 9.50 Å². The van der Waals surface area contributed by atoms with E-state index < -0.39 is 0 Å². The summed E-state index contributed by atoms with van der Waals surface area (Å²) in [6.07, 6.45) is 2.66. The molecule has 1 N–H and O–H groups in total. The minimum Gasteiger partial charge on any atom is -0.392 e. The minimum atomic E-state index is -0.289. The molecule has 1 nitrogen and oxygen atoms in total. The van der Waals surface area contributed by atoms with E-state index in [1.165, 1.54) is 18.6 Å². The van der Waals surface area contributed by atoms with Crippen LogP contribution >= 0.6 is 11.8 Å². The van der Waals surface area contributed by atoms with Crippen LogP contribution in [0.5, 0.6) is 0 Å². The highest BCUT2D eigenvalue weighted by Crippen LogP contribution is 2.29. The third-order valence-corrected chi connectivity index (χ3v) is 4.25. The molecule has 2 unspecified atom stereocenters. The Morgan fingerprint density at radius 3 is 2.73 bits per heavy atom. The van der Waals surface area contributed by atoms with Gasteiger partial charge in [0.1, 0.15) is 5.82 Å². The van der Waals surface area contributed by atoms with Gasteiger partial charge in [-0.1, -0.05) is 12.1 Å². The second-order valence-corrected chi connectivity index (χ2v) is 5.30. The molecule has 2 atom stereocenters. The lowest BCUT2D eigenvalue weighted by molar-refractivity contribution is 0.170. The normalized spacial score (nSPS) is 22.9. The molecule has 15 heavy (non-hydrogen) atoms. The van der Waals surface area contributed by atoms with Crippen molar-refractivity contribution in [3.63, 3.8) is 0 Å². The Morgan fingerprint density at radius 2 is 2.13 bits per heavy atom. The molecular formula is C12H15FOS. The average molecular weight is 226 g/mol. The fourth-order valence-electron chi connectivity index (χ4n) is 1.90. The number of benzene rings is 1. The van der Waals surface area contributed by atoms with E-state index in [1.807, 2.05) is 11.8 Å². The van der Waals surface area contributed by atoms with Crippen LogP contribution in [-0.4, -0.2) is 22.2 Å². The van der Waals surface area contributed by atoms with E-state index in [0.29, 0.717) is 11.7 Å². The Kier molecular flexibility index (Phi) is 3.65. The zero-order chi connectivity index (χ0) is 10.7. The van der Waals surface area contributed by atoms with Crippen LogP contribution in [0.1, 0.15) is 18.4 Å². The first-order valence-corrected chi connectivity index (χ1v) is 6.35. The topological polar surface area (TPSA) is 20.2 Å². The van der Waals surface area contributed by atoms with Crippen LogP contribution in [0.15, 0.2) is 24.3 Å². The first-order valence-electron chi connectivity index (χ1n) is 5.30. The molecular weight excluding hydrogens is 211 g/mol. The number of aliphatic hydroxyl groups is 1. The van der Waals surface area contributed by atoms with Gasteiger partial charge in [0.2, 0.25) is 0 Å². The van der Waals surface area contributed by atoms with Crippen molar-refractivity contribution in [3.8, 4) is 0 Å². The van der Waals surface area contributed by atoms with E-state index in [0.717, 1.165) is 17.7 Å². The summed E-state index contributed by atoms with van der Waals surface area (Å²) in [5, 5.41) is 10.3. The van der Waals surface area contributed by atoms with Crippen LogP contribution in [0.4, 0.5) is 4.39 Å². The molecule has 1 saturated heterocycles. The smallest absolute Gasteiger partial charge is 0.123 e. The lowest BCUT2D eigenvalue weighted by Gasteiger charge is -2.16. The first-order chi connectivity index (χ1) is 7.25. The Balaban J connectivity index is 1.92. The van der Waals surface area contributed by atoms with Crippen molar-refractivity contribution >= 4 is 11.8 Å². The molecule has 0 bridgehead atoms. The molecule has 1 aromatic rings. The van der Waals surface area contributed by atoms with Crippen LogP contribution in [-0.2, 0) is 6.42 Å². The third-order valence-electron chi connectivity index (χ3n) is 2.75. The average Bonchev–Trinajstić information content (AvgIpc) is 2.74. The Hall–Kier alpha value is -0.540. The Morgan fingerprint density at radius 1 is 1.40 bits per heavy atom. The Labute approximate surface area is 93.7 Å². The lowest BCUT2D eigenvalue weighted by Crippen LogP contribution is -2.23. The van der Waals surface area contributed by atoms with Crippen LogP contribution in [0, 0.1) is 5.82 Å². The van der Waals surface area contributed by atoms with Gasteiger partial charge in [-0.2, -0.15) is 11.8 Å². The second kappa shape index (κ2) is 4.99. The number of halogens is 1. The summed E-state index contributed by atoms with van der Waals surface area (Å²) in [5.41, 5.74) is 1.01. The minimum absolute atomic E-state index is 0.219. The molecule has 1 aliphatic rings. The van der Waals surface area contributed by atoms with Gasteiger partial charge in [-0.15, -0.1) is 0 Å². The van der Waals surface area contributed by atoms with E-state index in [2.05, 4.69) is 0 Å². The summed E-state index contributed by atoms with van der Waals surface area (Å²) >= 11 is 1.85. The highest BCUT2D eigenvalue weighted by atomic mass is 32.2. The highest BCUT2D eigenvalue weighted by Gasteiger charge is 2.23. The predicted octanol–water partition coefficient (Wildman–Crippen LogP) is 2.62. The zero-order valence-corrected chi connectivity index (χ0v) is 9.34. The molecule has 82 valence electrons. The van der Waals surface area contributed by atoms with Crippen molar-refractivity contribution < 1.29 is 9.50 Å². The summed E-state index contributed by atoms with van der Waals surface area (Å²) in [7, 11) is 0. The molecule has 3 heteroatoms. The van der Waals surface area contributed by atoms with Crippen molar-refractivity contribution in [2.75, 3.05) is 5.75 Å². The fraction of sp³-hybridized carbons (Fsp3) is 0.500. The van der Waals surface area contributed by atoms with Crippen molar-refractivity contribution in [2.45, 2.75) is 30.6 Å². The SMILES string of the molecule is OC(Cc1ccc(F)cc1)C1CCCS1. The molecule has 1 aromatic carbocycles. The molecule has 0 amide bonds. The maximum absolute atomic E-state index is 12.7. The molecule has 1 fully saturated rings. The summed E-state index contributed by atoms with van der Waals surface area (Å²) in [5.74, 6) is 0.939. The highest BCUT2D eigenvalue weighted by molar-refractivity contribution is 8.00. The third kappa shape index (κ3) is 2.95. The molecule has 1 aliphatic heterocycles.